The van der Waals surface area contributed by atoms with Crippen LogP contribution in [0.25, 0.3) is 0 Å². The topological polar surface area (TPSA) is 42.4 Å². The molecule has 4 heteroatoms. The van der Waals surface area contributed by atoms with Gasteiger partial charge in [0.15, 0.2) is 0 Å². The van der Waals surface area contributed by atoms with Crippen molar-refractivity contribution >= 4 is 5.91 Å². The van der Waals surface area contributed by atoms with Crippen LogP contribution >= 0.6 is 0 Å². The summed E-state index contributed by atoms with van der Waals surface area (Å²) in [6, 6.07) is 4.66. The van der Waals surface area contributed by atoms with Gasteiger partial charge in [0.05, 0.1) is 6.20 Å². The molecule has 0 N–H and O–H groups in total. The molecule has 3 fully saturated rings. The molecule has 1 aliphatic carbocycles. The van der Waals surface area contributed by atoms with E-state index in [0.29, 0.717) is 23.9 Å². The fourth-order valence-corrected chi connectivity index (χ4v) is 4.98. The van der Waals surface area contributed by atoms with Crippen LogP contribution in [0.4, 0.5) is 0 Å². The molecule has 0 spiro atoms. The van der Waals surface area contributed by atoms with Crippen molar-refractivity contribution in [3.8, 4) is 5.75 Å². The van der Waals surface area contributed by atoms with Crippen molar-refractivity contribution in [2.24, 2.45) is 5.92 Å². The monoisotopic (exact) mass is 328 g/mol. The summed E-state index contributed by atoms with van der Waals surface area (Å²) in [6.07, 6.45) is 15.3. The molecule has 0 aromatic carbocycles. The number of fused-ring (bicyclic) bond motifs is 2. The van der Waals surface area contributed by atoms with Crippen LogP contribution in [0.3, 0.4) is 0 Å². The Kier molecular flexibility index (Phi) is 4.72. The van der Waals surface area contributed by atoms with Gasteiger partial charge in [-0.15, -0.1) is 0 Å². The molecule has 4 nitrogen and oxygen atoms in total. The van der Waals surface area contributed by atoms with E-state index in [1.807, 2.05) is 12.1 Å². The quantitative estimate of drug-likeness (QED) is 0.840. The van der Waals surface area contributed by atoms with Crippen LogP contribution in [-0.4, -0.2) is 34.0 Å². The first kappa shape index (κ1) is 15.9. The third-order valence-electron chi connectivity index (χ3n) is 6.10. The van der Waals surface area contributed by atoms with E-state index in [0.717, 1.165) is 37.9 Å². The first-order chi connectivity index (χ1) is 11.8. The predicted octanol–water partition coefficient (Wildman–Crippen LogP) is 3.95. The van der Waals surface area contributed by atoms with Crippen molar-refractivity contribution < 1.29 is 9.53 Å². The summed E-state index contributed by atoms with van der Waals surface area (Å²) in [4.78, 5) is 19.2. The lowest BCUT2D eigenvalue weighted by molar-refractivity contribution is -0.138. The summed E-state index contributed by atoms with van der Waals surface area (Å²) in [5.74, 6) is 1.90. The minimum atomic E-state index is 0.227. The molecule has 1 saturated carbocycles. The van der Waals surface area contributed by atoms with Crippen LogP contribution < -0.4 is 4.74 Å². The number of hydrogen-bond donors (Lipinski definition) is 0. The average Bonchev–Trinajstić information content (AvgIpc) is 2.88. The van der Waals surface area contributed by atoms with Gasteiger partial charge >= 0.3 is 0 Å². The van der Waals surface area contributed by atoms with Crippen LogP contribution in [0.2, 0.25) is 0 Å². The van der Waals surface area contributed by atoms with Gasteiger partial charge in [-0.05, 0) is 43.7 Å². The minimum Gasteiger partial charge on any atom is -0.489 e. The molecule has 2 bridgehead atoms. The number of nitrogens with zero attached hydrogens (tertiary/aromatic N) is 2. The minimum absolute atomic E-state index is 0.227. The lowest BCUT2D eigenvalue weighted by atomic mass is 9.86. The third-order valence-corrected chi connectivity index (χ3v) is 6.10. The second-order valence-corrected chi connectivity index (χ2v) is 7.79. The first-order valence-electron chi connectivity index (χ1n) is 9.67. The maximum absolute atomic E-state index is 12.9. The van der Waals surface area contributed by atoms with E-state index in [9.17, 15) is 4.79 Å². The van der Waals surface area contributed by atoms with Gasteiger partial charge in [-0.1, -0.05) is 19.3 Å². The van der Waals surface area contributed by atoms with E-state index in [2.05, 4.69) is 9.88 Å². The Morgan fingerprint density at radius 3 is 2.54 bits per heavy atom. The third kappa shape index (κ3) is 3.42. The second-order valence-electron chi connectivity index (χ2n) is 7.79. The summed E-state index contributed by atoms with van der Waals surface area (Å²) in [5.41, 5.74) is 0. The van der Waals surface area contributed by atoms with E-state index in [-0.39, 0.29) is 6.10 Å². The van der Waals surface area contributed by atoms with Crippen molar-refractivity contribution in [3.63, 3.8) is 0 Å². The summed E-state index contributed by atoms with van der Waals surface area (Å²) >= 11 is 0. The van der Waals surface area contributed by atoms with E-state index in [1.54, 1.807) is 12.4 Å². The predicted molar refractivity (Wildman–Crippen MR) is 92.7 cm³/mol. The number of carbonyl (C=O) groups excluding carboxylic acids is 1. The van der Waals surface area contributed by atoms with Gasteiger partial charge in [-0.2, -0.15) is 0 Å². The number of aromatic nitrogens is 1. The number of piperidine rings is 1. The molecule has 1 aromatic heterocycles. The van der Waals surface area contributed by atoms with Gasteiger partial charge in [0.2, 0.25) is 5.91 Å². The molecule has 2 unspecified atom stereocenters. The smallest absolute Gasteiger partial charge is 0.223 e. The highest BCUT2D eigenvalue weighted by atomic mass is 16.5. The number of rotatable bonds is 4. The Morgan fingerprint density at radius 1 is 1.12 bits per heavy atom. The van der Waals surface area contributed by atoms with E-state index >= 15 is 0 Å². The normalized spacial score (nSPS) is 30.3. The van der Waals surface area contributed by atoms with Crippen LogP contribution in [0, 0.1) is 5.92 Å². The van der Waals surface area contributed by atoms with Gasteiger partial charge in [-0.3, -0.25) is 9.78 Å². The first-order valence-corrected chi connectivity index (χ1v) is 9.67. The van der Waals surface area contributed by atoms with Gasteiger partial charge in [-0.25, -0.2) is 0 Å². The molecule has 1 amide bonds. The lowest BCUT2D eigenvalue weighted by Gasteiger charge is -2.39. The number of pyridine rings is 1. The van der Waals surface area contributed by atoms with Crippen molar-refractivity contribution in [2.45, 2.75) is 82.4 Å². The van der Waals surface area contributed by atoms with E-state index in [4.69, 9.17) is 4.74 Å². The Labute approximate surface area is 144 Å². The van der Waals surface area contributed by atoms with Crippen molar-refractivity contribution in [3.05, 3.63) is 24.5 Å². The fraction of sp³-hybridized carbons (Fsp3) is 0.700. The van der Waals surface area contributed by atoms with Crippen molar-refractivity contribution in [2.75, 3.05) is 0 Å². The highest BCUT2D eigenvalue weighted by Gasteiger charge is 2.44. The fourth-order valence-electron chi connectivity index (χ4n) is 4.98. The Balaban J connectivity index is 1.35. The number of hydrogen-bond acceptors (Lipinski definition) is 3. The molecule has 24 heavy (non-hydrogen) atoms. The Morgan fingerprint density at radius 2 is 1.88 bits per heavy atom. The molecule has 3 heterocycles. The van der Waals surface area contributed by atoms with E-state index in [1.165, 1.54) is 32.1 Å². The Bertz CT molecular complexity index is 542. The summed E-state index contributed by atoms with van der Waals surface area (Å²) in [5, 5.41) is 0. The molecule has 2 saturated heterocycles. The zero-order valence-corrected chi connectivity index (χ0v) is 14.4. The molecule has 130 valence electrons. The van der Waals surface area contributed by atoms with Crippen LogP contribution in [0.1, 0.15) is 64.2 Å². The van der Waals surface area contributed by atoms with Crippen LogP contribution in [-0.2, 0) is 4.79 Å². The zero-order valence-electron chi connectivity index (χ0n) is 14.4. The highest BCUT2D eigenvalue weighted by Crippen LogP contribution is 2.38. The zero-order chi connectivity index (χ0) is 16.4. The molecule has 2 atom stereocenters. The number of amides is 1. The molecular formula is C20H28N2O2. The maximum Gasteiger partial charge on any atom is 0.223 e. The SMILES string of the molecule is O=C(CC1CCCCC1)N1C2CCC1CC(Oc1cccnc1)C2. The second kappa shape index (κ2) is 7.12. The van der Waals surface area contributed by atoms with Gasteiger partial charge in [0.25, 0.3) is 0 Å². The van der Waals surface area contributed by atoms with Gasteiger partial charge in [0, 0.05) is 37.5 Å². The summed E-state index contributed by atoms with van der Waals surface area (Å²) in [6.45, 7) is 0. The molecule has 3 aliphatic rings. The summed E-state index contributed by atoms with van der Waals surface area (Å²) < 4.78 is 6.11. The highest BCUT2D eigenvalue weighted by molar-refractivity contribution is 5.77. The maximum atomic E-state index is 12.9. The van der Waals surface area contributed by atoms with Crippen LogP contribution in [0.5, 0.6) is 5.75 Å². The van der Waals surface area contributed by atoms with E-state index < -0.39 is 0 Å². The average molecular weight is 328 g/mol. The molecule has 4 rings (SSSR count). The molecule has 2 aliphatic heterocycles. The van der Waals surface area contributed by atoms with Gasteiger partial charge in [0.1, 0.15) is 11.9 Å². The number of ether oxygens (including phenoxy) is 1. The Hall–Kier alpha value is -1.58. The molecule has 0 radical (unpaired) electrons. The lowest BCUT2D eigenvalue weighted by Crippen LogP contribution is -2.49. The summed E-state index contributed by atoms with van der Waals surface area (Å²) in [7, 11) is 0. The van der Waals surface area contributed by atoms with Crippen LogP contribution in [0.15, 0.2) is 24.5 Å². The molecular weight excluding hydrogens is 300 g/mol. The van der Waals surface area contributed by atoms with Crippen molar-refractivity contribution in [1.29, 1.82) is 0 Å². The standard InChI is InChI=1S/C20H28N2O2/c23-20(11-15-5-2-1-3-6-15)22-16-8-9-17(22)13-19(12-16)24-18-7-4-10-21-14-18/h4,7,10,14-17,19H,1-3,5-6,8-9,11-13H2. The van der Waals surface area contributed by atoms with Gasteiger partial charge < -0.3 is 9.64 Å². The molecule has 1 aromatic rings. The largest absolute Gasteiger partial charge is 0.489 e. The van der Waals surface area contributed by atoms with Crippen molar-refractivity contribution in [1.82, 2.24) is 9.88 Å². The number of carbonyl (C=O) groups is 1.